The first-order valence-electron chi connectivity index (χ1n) is 9.91. The summed E-state index contributed by atoms with van der Waals surface area (Å²) in [4.78, 5) is 14.8. The largest absolute Gasteiger partial charge is 0.351 e. The van der Waals surface area contributed by atoms with Crippen LogP contribution in [0.2, 0.25) is 0 Å². The molecule has 6 heteroatoms. The summed E-state index contributed by atoms with van der Waals surface area (Å²) in [6.45, 7) is 9.74. The first-order chi connectivity index (χ1) is 12.1. The van der Waals surface area contributed by atoms with E-state index in [4.69, 9.17) is 0 Å². The Balaban J connectivity index is 0.00000182. The third kappa shape index (κ3) is 7.61. The number of carbonyl (C=O) groups is 1. The van der Waals surface area contributed by atoms with Gasteiger partial charge in [-0.25, -0.2) is 0 Å². The second-order valence-corrected chi connectivity index (χ2v) is 8.18. The van der Waals surface area contributed by atoms with E-state index in [1.165, 1.54) is 37.1 Å². The fraction of sp³-hybridized carbons (Fsp3) is 0.667. The molecule has 4 nitrogen and oxygen atoms in total. The normalized spacial score (nSPS) is 25.8. The molecule has 0 radical (unpaired) electrons. The molecule has 1 amide bonds. The number of benzene rings is 1. The van der Waals surface area contributed by atoms with E-state index in [1.807, 2.05) is 0 Å². The van der Waals surface area contributed by atoms with E-state index in [0.29, 0.717) is 6.54 Å². The highest BCUT2D eigenvalue weighted by Crippen LogP contribution is 2.22. The summed E-state index contributed by atoms with van der Waals surface area (Å²) in [6, 6.07) is 8.73. The molecule has 0 saturated carbocycles. The van der Waals surface area contributed by atoms with E-state index in [-0.39, 0.29) is 36.8 Å². The van der Waals surface area contributed by atoms with Crippen molar-refractivity contribution in [2.24, 2.45) is 11.8 Å². The van der Waals surface area contributed by atoms with Crippen molar-refractivity contribution in [1.29, 1.82) is 0 Å². The van der Waals surface area contributed by atoms with Crippen LogP contribution in [0.15, 0.2) is 24.3 Å². The minimum absolute atomic E-state index is 0. The lowest BCUT2D eigenvalue weighted by Gasteiger charge is -2.35. The van der Waals surface area contributed by atoms with E-state index in [9.17, 15) is 4.79 Å². The van der Waals surface area contributed by atoms with Gasteiger partial charge in [-0.15, -0.1) is 24.8 Å². The number of hydrogen-bond acceptors (Lipinski definition) is 3. The number of halogens is 2. The van der Waals surface area contributed by atoms with Gasteiger partial charge in [0.1, 0.15) is 0 Å². The Hall–Kier alpha value is -0.810. The van der Waals surface area contributed by atoms with Crippen molar-refractivity contribution in [3.8, 4) is 0 Å². The lowest BCUT2D eigenvalue weighted by molar-refractivity contribution is -0.123. The molecular formula is C21H35Cl2N3O. The molecule has 3 rings (SSSR count). The van der Waals surface area contributed by atoms with E-state index in [2.05, 4.69) is 53.6 Å². The van der Waals surface area contributed by atoms with Crippen LogP contribution in [0.4, 0.5) is 0 Å². The third-order valence-electron chi connectivity index (χ3n) is 5.47. The Morgan fingerprint density at radius 1 is 1.07 bits per heavy atom. The molecule has 2 heterocycles. The van der Waals surface area contributed by atoms with Crippen molar-refractivity contribution in [2.45, 2.75) is 58.7 Å². The number of rotatable bonds is 5. The van der Waals surface area contributed by atoms with E-state index < -0.39 is 0 Å². The minimum atomic E-state index is -0.00361. The summed E-state index contributed by atoms with van der Waals surface area (Å²) in [6.07, 6.45) is 4.63. The molecule has 0 spiro atoms. The molecule has 0 bridgehead atoms. The standard InChI is InChI=1S/C21H33N3O.2ClH/c1-16-11-17(2)14-24(13-16)15-19-8-6-18(7-9-19)12-23-21(25)20-5-3-4-10-22-20;;/h6-9,16-17,20,22H,3-5,10-15H2,1-2H3,(H,23,25);2*1H/t16?,17?,20-;;/m1../s1. The van der Waals surface area contributed by atoms with Crippen molar-refractivity contribution in [2.75, 3.05) is 19.6 Å². The highest BCUT2D eigenvalue weighted by molar-refractivity contribution is 5.85. The number of piperidine rings is 2. The second kappa shape index (κ2) is 11.9. The average Bonchev–Trinajstić information content (AvgIpc) is 2.61. The average molecular weight is 416 g/mol. The van der Waals surface area contributed by atoms with Crippen LogP contribution < -0.4 is 10.6 Å². The Labute approximate surface area is 176 Å². The molecule has 2 aliphatic rings. The first-order valence-corrected chi connectivity index (χ1v) is 9.91. The van der Waals surface area contributed by atoms with Gasteiger partial charge in [-0.1, -0.05) is 44.5 Å². The zero-order valence-corrected chi connectivity index (χ0v) is 18.2. The molecule has 2 fully saturated rings. The highest BCUT2D eigenvalue weighted by Gasteiger charge is 2.22. The number of likely N-dealkylation sites (tertiary alicyclic amines) is 1. The molecule has 0 aromatic heterocycles. The predicted molar refractivity (Wildman–Crippen MR) is 117 cm³/mol. The van der Waals surface area contributed by atoms with Gasteiger partial charge in [-0.2, -0.15) is 0 Å². The van der Waals surface area contributed by atoms with Gasteiger partial charge in [0.2, 0.25) is 5.91 Å². The fourth-order valence-corrected chi connectivity index (χ4v) is 4.33. The van der Waals surface area contributed by atoms with Crippen molar-refractivity contribution < 1.29 is 4.79 Å². The monoisotopic (exact) mass is 415 g/mol. The number of nitrogens with zero attached hydrogens (tertiary/aromatic N) is 1. The summed E-state index contributed by atoms with van der Waals surface area (Å²) in [7, 11) is 0. The van der Waals surface area contributed by atoms with E-state index >= 15 is 0 Å². The van der Waals surface area contributed by atoms with Gasteiger partial charge in [0.05, 0.1) is 6.04 Å². The molecular weight excluding hydrogens is 381 g/mol. The Kier molecular flexibility index (Phi) is 10.7. The Morgan fingerprint density at radius 2 is 1.70 bits per heavy atom. The number of nitrogens with one attached hydrogen (secondary N) is 2. The Morgan fingerprint density at radius 3 is 2.30 bits per heavy atom. The summed E-state index contributed by atoms with van der Waals surface area (Å²) in [5.74, 6) is 1.73. The summed E-state index contributed by atoms with van der Waals surface area (Å²) < 4.78 is 0. The van der Waals surface area contributed by atoms with Crippen LogP contribution in [0.5, 0.6) is 0 Å². The summed E-state index contributed by atoms with van der Waals surface area (Å²) in [5.41, 5.74) is 2.54. The molecule has 1 aromatic rings. The quantitative estimate of drug-likeness (QED) is 0.768. The maximum absolute atomic E-state index is 12.2. The molecule has 2 saturated heterocycles. The summed E-state index contributed by atoms with van der Waals surface area (Å²) >= 11 is 0. The molecule has 2 aliphatic heterocycles. The zero-order chi connectivity index (χ0) is 17.6. The van der Waals surface area contributed by atoms with Gasteiger partial charge in [0.25, 0.3) is 0 Å². The lowest BCUT2D eigenvalue weighted by atomic mass is 9.91. The molecule has 2 N–H and O–H groups in total. The van der Waals surface area contributed by atoms with Gasteiger partial charge < -0.3 is 10.6 Å². The molecule has 1 aromatic carbocycles. The molecule has 0 aliphatic carbocycles. The van der Waals surface area contributed by atoms with E-state index in [1.54, 1.807) is 0 Å². The number of amides is 1. The van der Waals surface area contributed by atoms with Gasteiger partial charge in [-0.05, 0) is 48.8 Å². The van der Waals surface area contributed by atoms with Crippen LogP contribution in [0, 0.1) is 11.8 Å². The van der Waals surface area contributed by atoms with Crippen LogP contribution in [-0.2, 0) is 17.9 Å². The highest BCUT2D eigenvalue weighted by atomic mass is 35.5. The van der Waals surface area contributed by atoms with Crippen LogP contribution >= 0.6 is 24.8 Å². The van der Waals surface area contributed by atoms with Gasteiger partial charge in [-0.3, -0.25) is 9.69 Å². The Bertz CT molecular complexity index is 551. The van der Waals surface area contributed by atoms with Crippen LogP contribution in [0.3, 0.4) is 0 Å². The predicted octanol–water partition coefficient (Wildman–Crippen LogP) is 3.77. The lowest BCUT2D eigenvalue weighted by Crippen LogP contribution is -2.46. The van der Waals surface area contributed by atoms with Crippen LogP contribution in [0.25, 0.3) is 0 Å². The third-order valence-corrected chi connectivity index (χ3v) is 5.47. The SMILES string of the molecule is CC1CC(C)CN(Cc2ccc(CNC(=O)[C@H]3CCCCN3)cc2)C1.Cl.Cl. The smallest absolute Gasteiger partial charge is 0.237 e. The molecule has 3 atom stereocenters. The number of carbonyl (C=O) groups excluding carboxylic acids is 1. The van der Waals surface area contributed by atoms with Crippen LogP contribution in [0.1, 0.15) is 50.7 Å². The van der Waals surface area contributed by atoms with Gasteiger partial charge in [0, 0.05) is 26.2 Å². The zero-order valence-electron chi connectivity index (χ0n) is 16.6. The molecule has 27 heavy (non-hydrogen) atoms. The fourth-order valence-electron chi connectivity index (χ4n) is 4.33. The topological polar surface area (TPSA) is 44.4 Å². The maximum Gasteiger partial charge on any atom is 0.237 e. The van der Waals surface area contributed by atoms with Gasteiger partial charge in [0.15, 0.2) is 0 Å². The number of hydrogen-bond donors (Lipinski definition) is 2. The van der Waals surface area contributed by atoms with Crippen LogP contribution in [-0.4, -0.2) is 36.5 Å². The first kappa shape index (κ1) is 24.2. The van der Waals surface area contributed by atoms with E-state index in [0.717, 1.165) is 37.8 Å². The maximum atomic E-state index is 12.2. The van der Waals surface area contributed by atoms with Crippen molar-refractivity contribution >= 4 is 30.7 Å². The minimum Gasteiger partial charge on any atom is -0.351 e. The van der Waals surface area contributed by atoms with Crippen molar-refractivity contribution in [1.82, 2.24) is 15.5 Å². The molecule has 2 unspecified atom stereocenters. The van der Waals surface area contributed by atoms with Gasteiger partial charge >= 0.3 is 0 Å². The summed E-state index contributed by atoms with van der Waals surface area (Å²) in [5, 5.41) is 6.37. The second-order valence-electron chi connectivity index (χ2n) is 8.18. The molecule has 154 valence electrons. The van der Waals surface area contributed by atoms with Crippen molar-refractivity contribution in [3.63, 3.8) is 0 Å². The van der Waals surface area contributed by atoms with Crippen molar-refractivity contribution in [3.05, 3.63) is 35.4 Å².